The third-order valence-corrected chi connectivity index (χ3v) is 6.89. The van der Waals surface area contributed by atoms with E-state index in [4.69, 9.17) is 0 Å². The third-order valence-electron chi connectivity index (χ3n) is 5.35. The minimum atomic E-state index is -3.51. The zero-order valence-electron chi connectivity index (χ0n) is 17.8. The highest BCUT2D eigenvalue weighted by Gasteiger charge is 2.22. The largest absolute Gasteiger partial charge is 0.356 e. The van der Waals surface area contributed by atoms with Crippen molar-refractivity contribution in [2.75, 3.05) is 11.9 Å². The predicted octanol–water partition coefficient (Wildman–Crippen LogP) is 3.12. The molecule has 1 aliphatic carbocycles. The first-order chi connectivity index (χ1) is 15.3. The van der Waals surface area contributed by atoms with Gasteiger partial charge in [-0.15, -0.1) is 0 Å². The van der Waals surface area contributed by atoms with Crippen molar-refractivity contribution >= 4 is 27.5 Å². The Morgan fingerprint density at radius 2 is 1.53 bits per heavy atom. The van der Waals surface area contributed by atoms with Crippen LogP contribution in [-0.4, -0.2) is 32.8 Å². The second-order valence-corrected chi connectivity index (χ2v) is 9.62. The van der Waals surface area contributed by atoms with Crippen molar-refractivity contribution in [3.63, 3.8) is 0 Å². The highest BCUT2D eigenvalue weighted by Crippen LogP contribution is 2.20. The van der Waals surface area contributed by atoms with Crippen LogP contribution >= 0.6 is 0 Å². The van der Waals surface area contributed by atoms with Gasteiger partial charge >= 0.3 is 0 Å². The van der Waals surface area contributed by atoms with Gasteiger partial charge in [0.15, 0.2) is 0 Å². The molecule has 0 aliphatic heterocycles. The number of benzene rings is 2. The van der Waals surface area contributed by atoms with Crippen molar-refractivity contribution < 1.29 is 22.4 Å². The average Bonchev–Trinajstić information content (AvgIpc) is 3.27. The van der Waals surface area contributed by atoms with E-state index < -0.39 is 10.0 Å². The molecule has 9 heteroatoms. The van der Waals surface area contributed by atoms with Crippen molar-refractivity contribution in [3.05, 3.63) is 59.9 Å². The molecule has 2 aromatic carbocycles. The number of hydrogen-bond donors (Lipinski definition) is 3. The summed E-state index contributed by atoms with van der Waals surface area (Å²) in [6.07, 6.45) is 4.47. The summed E-state index contributed by atoms with van der Waals surface area (Å²) in [5, 5.41) is 5.36. The van der Waals surface area contributed by atoms with Gasteiger partial charge in [-0.2, -0.15) is 0 Å². The van der Waals surface area contributed by atoms with Crippen molar-refractivity contribution in [2.45, 2.75) is 55.9 Å². The van der Waals surface area contributed by atoms with E-state index in [1.165, 1.54) is 24.3 Å². The zero-order chi connectivity index (χ0) is 23.0. The molecule has 1 fully saturated rings. The molecule has 0 unspecified atom stereocenters. The first-order valence-electron chi connectivity index (χ1n) is 10.8. The van der Waals surface area contributed by atoms with Crippen LogP contribution in [0.2, 0.25) is 0 Å². The maximum atomic E-state index is 12.9. The average molecular weight is 462 g/mol. The quantitative estimate of drug-likeness (QED) is 0.506. The van der Waals surface area contributed by atoms with Crippen LogP contribution in [0.4, 0.5) is 10.1 Å². The lowest BCUT2D eigenvalue weighted by molar-refractivity contribution is -0.124. The van der Waals surface area contributed by atoms with E-state index in [1.54, 1.807) is 24.3 Å². The SMILES string of the molecule is O=C(CCC(=O)Nc1ccc(F)cc1)NCCc1ccc(S(=O)(=O)NC2CCCC2)cc1. The van der Waals surface area contributed by atoms with Gasteiger partial charge < -0.3 is 10.6 Å². The molecule has 3 rings (SSSR count). The Morgan fingerprint density at radius 3 is 2.19 bits per heavy atom. The first kappa shape index (κ1) is 23.9. The van der Waals surface area contributed by atoms with Gasteiger partial charge in [-0.25, -0.2) is 17.5 Å². The Bertz CT molecular complexity index is 1020. The van der Waals surface area contributed by atoms with Gasteiger partial charge in [0.05, 0.1) is 4.90 Å². The predicted molar refractivity (Wildman–Crippen MR) is 120 cm³/mol. The second-order valence-electron chi connectivity index (χ2n) is 7.90. The number of carbonyl (C=O) groups is 2. The van der Waals surface area contributed by atoms with E-state index >= 15 is 0 Å². The molecule has 1 saturated carbocycles. The molecule has 0 atom stereocenters. The number of anilines is 1. The summed E-state index contributed by atoms with van der Waals surface area (Å²) in [5.74, 6) is -0.964. The highest BCUT2D eigenvalue weighted by atomic mass is 32.2. The van der Waals surface area contributed by atoms with E-state index in [-0.39, 0.29) is 41.4 Å². The zero-order valence-corrected chi connectivity index (χ0v) is 18.6. The normalized spacial score (nSPS) is 14.3. The smallest absolute Gasteiger partial charge is 0.240 e. The number of sulfonamides is 1. The summed E-state index contributed by atoms with van der Waals surface area (Å²) in [6.45, 7) is 0.380. The Hall–Kier alpha value is -2.78. The van der Waals surface area contributed by atoms with E-state index in [2.05, 4.69) is 15.4 Å². The number of amides is 2. The fourth-order valence-electron chi connectivity index (χ4n) is 3.58. The molecular weight excluding hydrogens is 433 g/mol. The van der Waals surface area contributed by atoms with Crippen LogP contribution in [0.1, 0.15) is 44.1 Å². The van der Waals surface area contributed by atoms with Gasteiger partial charge in [-0.05, 0) is 61.2 Å². The van der Waals surface area contributed by atoms with Crippen molar-refractivity contribution in [1.29, 1.82) is 0 Å². The number of carbonyl (C=O) groups excluding carboxylic acids is 2. The molecule has 3 N–H and O–H groups in total. The van der Waals surface area contributed by atoms with Crippen LogP contribution in [0, 0.1) is 5.82 Å². The second kappa shape index (κ2) is 11.2. The van der Waals surface area contributed by atoms with Crippen LogP contribution in [0.5, 0.6) is 0 Å². The fourth-order valence-corrected chi connectivity index (χ4v) is 4.89. The Kier molecular flexibility index (Phi) is 8.35. The van der Waals surface area contributed by atoms with Crippen LogP contribution in [-0.2, 0) is 26.0 Å². The summed E-state index contributed by atoms with van der Waals surface area (Å²) < 4.78 is 40.5. The van der Waals surface area contributed by atoms with E-state index in [0.29, 0.717) is 18.7 Å². The first-order valence-corrected chi connectivity index (χ1v) is 12.2. The topological polar surface area (TPSA) is 104 Å². The minimum Gasteiger partial charge on any atom is -0.356 e. The van der Waals surface area contributed by atoms with Crippen LogP contribution < -0.4 is 15.4 Å². The summed E-state index contributed by atoms with van der Waals surface area (Å²) >= 11 is 0. The number of rotatable bonds is 10. The van der Waals surface area contributed by atoms with Gasteiger partial charge in [0, 0.05) is 31.1 Å². The fraction of sp³-hybridized carbons (Fsp3) is 0.391. The maximum Gasteiger partial charge on any atom is 0.240 e. The number of hydrogen-bond acceptors (Lipinski definition) is 4. The Balaban J connectivity index is 1.36. The standard InChI is InChI=1S/C23H28FN3O4S/c24-18-7-9-19(10-8-18)26-23(29)14-13-22(28)25-16-15-17-5-11-21(12-6-17)32(30,31)27-20-3-1-2-4-20/h5-12,20,27H,1-4,13-16H2,(H,25,28)(H,26,29). The summed E-state index contributed by atoms with van der Waals surface area (Å²) in [7, 11) is -3.51. The highest BCUT2D eigenvalue weighted by molar-refractivity contribution is 7.89. The van der Waals surface area contributed by atoms with Gasteiger partial charge in [0.1, 0.15) is 5.82 Å². The lowest BCUT2D eigenvalue weighted by atomic mass is 10.1. The lowest BCUT2D eigenvalue weighted by Crippen LogP contribution is -2.32. The van der Waals surface area contributed by atoms with Gasteiger partial charge in [0.25, 0.3) is 0 Å². The molecule has 0 bridgehead atoms. The molecule has 1 aliphatic rings. The summed E-state index contributed by atoms with van der Waals surface area (Å²) in [4.78, 5) is 24.1. The molecule has 0 aromatic heterocycles. The number of halogens is 1. The third kappa shape index (κ3) is 7.42. The van der Waals surface area contributed by atoms with Crippen molar-refractivity contribution in [3.8, 4) is 0 Å². The summed E-state index contributed by atoms with van der Waals surface area (Å²) in [6, 6.07) is 12.1. The van der Waals surface area contributed by atoms with E-state index in [9.17, 15) is 22.4 Å². The van der Waals surface area contributed by atoms with Crippen LogP contribution in [0.15, 0.2) is 53.4 Å². The van der Waals surface area contributed by atoms with Crippen molar-refractivity contribution in [2.24, 2.45) is 0 Å². The Labute approximate surface area is 187 Å². The molecule has 0 saturated heterocycles. The lowest BCUT2D eigenvalue weighted by Gasteiger charge is -2.13. The van der Waals surface area contributed by atoms with Crippen LogP contribution in [0.25, 0.3) is 0 Å². The van der Waals surface area contributed by atoms with E-state index in [0.717, 1.165) is 31.2 Å². The molecule has 0 heterocycles. The maximum absolute atomic E-state index is 12.9. The van der Waals surface area contributed by atoms with E-state index in [1.807, 2.05) is 0 Å². The molecule has 32 heavy (non-hydrogen) atoms. The Morgan fingerprint density at radius 1 is 0.906 bits per heavy atom. The van der Waals surface area contributed by atoms with Gasteiger partial charge in [0.2, 0.25) is 21.8 Å². The molecule has 2 aromatic rings. The van der Waals surface area contributed by atoms with Crippen LogP contribution in [0.3, 0.4) is 0 Å². The summed E-state index contributed by atoms with van der Waals surface area (Å²) in [5.41, 5.74) is 1.37. The van der Waals surface area contributed by atoms with Gasteiger partial charge in [-0.3, -0.25) is 9.59 Å². The number of nitrogens with one attached hydrogen (secondary N) is 3. The molecule has 7 nitrogen and oxygen atoms in total. The molecule has 172 valence electrons. The van der Waals surface area contributed by atoms with Gasteiger partial charge in [-0.1, -0.05) is 25.0 Å². The minimum absolute atomic E-state index is 0.0176. The molecule has 2 amide bonds. The molecule has 0 spiro atoms. The molecular formula is C23H28FN3O4S. The monoisotopic (exact) mass is 461 g/mol. The molecule has 0 radical (unpaired) electrons. The van der Waals surface area contributed by atoms with Crippen molar-refractivity contribution in [1.82, 2.24) is 10.0 Å².